The molecule has 1 fully saturated rings. The first-order chi connectivity index (χ1) is 13.4. The van der Waals surface area contributed by atoms with E-state index in [1.807, 2.05) is 17.0 Å². The van der Waals surface area contributed by atoms with Gasteiger partial charge in [-0.2, -0.15) is 4.31 Å². The zero-order valence-corrected chi connectivity index (χ0v) is 18.1. The van der Waals surface area contributed by atoms with Crippen molar-refractivity contribution in [1.29, 1.82) is 0 Å². The summed E-state index contributed by atoms with van der Waals surface area (Å²) in [4.78, 5) is 15.5. The molecule has 2 heterocycles. The van der Waals surface area contributed by atoms with Crippen LogP contribution in [0.25, 0.3) is 0 Å². The van der Waals surface area contributed by atoms with Crippen LogP contribution in [-0.2, 0) is 21.2 Å². The number of fused-ring (bicyclic) bond motifs is 1. The number of carbonyl (C=O) groups excluding carboxylic acids is 1. The van der Waals surface area contributed by atoms with E-state index in [0.717, 1.165) is 16.6 Å². The summed E-state index contributed by atoms with van der Waals surface area (Å²) in [5.41, 5.74) is 2.17. The van der Waals surface area contributed by atoms with E-state index >= 15 is 0 Å². The maximum Gasteiger partial charge on any atom is 0.243 e. The van der Waals surface area contributed by atoms with Gasteiger partial charge in [0.05, 0.1) is 4.90 Å². The van der Waals surface area contributed by atoms with Gasteiger partial charge in [0.15, 0.2) is 0 Å². The molecule has 0 aliphatic carbocycles. The van der Waals surface area contributed by atoms with Gasteiger partial charge in [-0.25, -0.2) is 8.42 Å². The summed E-state index contributed by atoms with van der Waals surface area (Å²) >= 11 is 3.50. The summed E-state index contributed by atoms with van der Waals surface area (Å²) in [5, 5.41) is 0. The number of benzene rings is 2. The van der Waals surface area contributed by atoms with Crippen LogP contribution in [0.5, 0.6) is 0 Å². The lowest BCUT2D eigenvalue weighted by atomic mass is 9.96. The molecule has 1 saturated heterocycles. The van der Waals surface area contributed by atoms with Gasteiger partial charge >= 0.3 is 0 Å². The lowest BCUT2D eigenvalue weighted by molar-refractivity contribution is -0.123. The van der Waals surface area contributed by atoms with Crippen LogP contribution in [-0.4, -0.2) is 37.8 Å². The highest BCUT2D eigenvalue weighted by Crippen LogP contribution is 2.36. The molecule has 4 rings (SSSR count). The van der Waals surface area contributed by atoms with Crippen molar-refractivity contribution in [3.63, 3.8) is 0 Å². The molecule has 0 spiro atoms. The molecule has 0 saturated carbocycles. The standard InChI is InChI=1S/C21H23BrN2O3S/c1-15-13-17-14-18(22)7-8-20(17)24(15)21(25)16-9-11-23(12-10-16)28(26,27)19-5-3-2-4-6-19/h2-8,14-16H,9-13H2,1H3. The molecule has 0 aromatic heterocycles. The number of carbonyl (C=O) groups is 1. The van der Waals surface area contributed by atoms with E-state index < -0.39 is 10.0 Å². The van der Waals surface area contributed by atoms with Gasteiger partial charge in [0.25, 0.3) is 0 Å². The molecule has 0 bridgehead atoms. The summed E-state index contributed by atoms with van der Waals surface area (Å²) in [6, 6.07) is 14.7. The zero-order valence-electron chi connectivity index (χ0n) is 15.7. The third-order valence-corrected chi connectivity index (χ3v) is 8.08. The van der Waals surface area contributed by atoms with Gasteiger partial charge in [0, 0.05) is 35.2 Å². The second kappa shape index (κ2) is 7.61. The zero-order chi connectivity index (χ0) is 19.9. The van der Waals surface area contributed by atoms with Gasteiger partial charge in [-0.3, -0.25) is 4.79 Å². The van der Waals surface area contributed by atoms with Gasteiger partial charge < -0.3 is 4.90 Å². The lowest BCUT2D eigenvalue weighted by Crippen LogP contribution is -2.46. The number of hydrogen-bond acceptors (Lipinski definition) is 3. The summed E-state index contributed by atoms with van der Waals surface area (Å²) in [7, 11) is -3.49. The predicted molar refractivity (Wildman–Crippen MR) is 113 cm³/mol. The summed E-state index contributed by atoms with van der Waals surface area (Å²) in [6.07, 6.45) is 1.96. The number of halogens is 1. The van der Waals surface area contributed by atoms with E-state index in [1.165, 1.54) is 9.87 Å². The molecule has 5 nitrogen and oxygen atoms in total. The Balaban J connectivity index is 1.47. The number of nitrogens with zero attached hydrogens (tertiary/aromatic N) is 2. The minimum Gasteiger partial charge on any atom is -0.309 e. The van der Waals surface area contributed by atoms with Crippen LogP contribution in [0.15, 0.2) is 57.9 Å². The van der Waals surface area contributed by atoms with Crippen LogP contribution in [0.3, 0.4) is 0 Å². The highest BCUT2D eigenvalue weighted by molar-refractivity contribution is 9.10. The molecule has 2 aliphatic heterocycles. The van der Waals surface area contributed by atoms with Gasteiger partial charge in [0.2, 0.25) is 15.9 Å². The van der Waals surface area contributed by atoms with Crippen LogP contribution >= 0.6 is 15.9 Å². The number of hydrogen-bond donors (Lipinski definition) is 0. The Morgan fingerprint density at radius 2 is 1.75 bits per heavy atom. The van der Waals surface area contributed by atoms with Crippen LogP contribution in [0.4, 0.5) is 5.69 Å². The molecule has 2 aliphatic rings. The van der Waals surface area contributed by atoms with Crippen molar-refractivity contribution in [2.75, 3.05) is 18.0 Å². The van der Waals surface area contributed by atoms with Crippen molar-refractivity contribution in [3.05, 3.63) is 58.6 Å². The van der Waals surface area contributed by atoms with E-state index in [-0.39, 0.29) is 17.9 Å². The van der Waals surface area contributed by atoms with Crippen molar-refractivity contribution in [3.8, 4) is 0 Å². The second-order valence-corrected chi connectivity index (χ2v) is 10.4. The maximum atomic E-state index is 13.2. The largest absolute Gasteiger partial charge is 0.309 e. The first-order valence-electron chi connectivity index (χ1n) is 9.54. The molecular formula is C21H23BrN2O3S. The Morgan fingerprint density at radius 1 is 1.07 bits per heavy atom. The molecule has 28 heavy (non-hydrogen) atoms. The van der Waals surface area contributed by atoms with E-state index in [0.29, 0.717) is 30.8 Å². The molecule has 148 valence electrons. The van der Waals surface area contributed by atoms with E-state index in [4.69, 9.17) is 0 Å². The number of rotatable bonds is 3. The number of amides is 1. The molecule has 0 radical (unpaired) electrons. The monoisotopic (exact) mass is 462 g/mol. The van der Waals surface area contributed by atoms with Crippen LogP contribution in [0.1, 0.15) is 25.3 Å². The number of piperidine rings is 1. The first-order valence-corrected chi connectivity index (χ1v) is 11.8. The topological polar surface area (TPSA) is 57.7 Å². The first kappa shape index (κ1) is 19.6. The Hall–Kier alpha value is -1.70. The van der Waals surface area contributed by atoms with Crippen molar-refractivity contribution < 1.29 is 13.2 Å². The van der Waals surface area contributed by atoms with E-state index in [9.17, 15) is 13.2 Å². The quantitative estimate of drug-likeness (QED) is 0.696. The molecule has 2 aromatic rings. The Labute approximate surface area is 174 Å². The fraction of sp³-hybridized carbons (Fsp3) is 0.381. The van der Waals surface area contributed by atoms with Gasteiger partial charge in [-0.15, -0.1) is 0 Å². The molecular weight excluding hydrogens is 440 g/mol. The van der Waals surface area contributed by atoms with Crippen molar-refractivity contribution in [2.45, 2.75) is 37.1 Å². The van der Waals surface area contributed by atoms with E-state index in [1.54, 1.807) is 30.3 Å². The Kier molecular flexibility index (Phi) is 5.33. The SMILES string of the molecule is CC1Cc2cc(Br)ccc2N1C(=O)C1CCN(S(=O)(=O)c2ccccc2)CC1. The lowest BCUT2D eigenvalue weighted by Gasteiger charge is -2.34. The van der Waals surface area contributed by atoms with Crippen molar-refractivity contribution in [2.24, 2.45) is 5.92 Å². The minimum absolute atomic E-state index is 0.116. The maximum absolute atomic E-state index is 13.2. The smallest absolute Gasteiger partial charge is 0.243 e. The fourth-order valence-corrected chi connectivity index (χ4v) is 6.12. The average Bonchev–Trinajstić information content (AvgIpc) is 3.03. The summed E-state index contributed by atoms with van der Waals surface area (Å²) in [6.45, 7) is 2.83. The third-order valence-electron chi connectivity index (χ3n) is 5.68. The fourth-order valence-electron chi connectivity index (χ4n) is 4.22. The van der Waals surface area contributed by atoms with Crippen LogP contribution < -0.4 is 4.90 Å². The molecule has 1 unspecified atom stereocenters. The number of anilines is 1. The van der Waals surface area contributed by atoms with Crippen LogP contribution in [0.2, 0.25) is 0 Å². The third kappa shape index (κ3) is 3.51. The second-order valence-electron chi connectivity index (χ2n) is 7.53. The number of sulfonamides is 1. The molecule has 7 heteroatoms. The summed E-state index contributed by atoms with van der Waals surface area (Å²) in [5.74, 6) is -0.0235. The van der Waals surface area contributed by atoms with Crippen LogP contribution in [0, 0.1) is 5.92 Å². The highest BCUT2D eigenvalue weighted by Gasteiger charge is 2.38. The Bertz CT molecular complexity index is 986. The van der Waals surface area contributed by atoms with Crippen molar-refractivity contribution in [1.82, 2.24) is 4.31 Å². The molecule has 1 atom stereocenters. The highest BCUT2D eigenvalue weighted by atomic mass is 79.9. The molecule has 2 aromatic carbocycles. The summed E-state index contributed by atoms with van der Waals surface area (Å²) < 4.78 is 28.1. The van der Waals surface area contributed by atoms with E-state index in [2.05, 4.69) is 28.9 Å². The molecule has 1 amide bonds. The van der Waals surface area contributed by atoms with Gasteiger partial charge in [-0.05, 0) is 62.1 Å². The average molecular weight is 463 g/mol. The normalized spacial score (nSPS) is 20.9. The van der Waals surface area contributed by atoms with Gasteiger partial charge in [0.1, 0.15) is 0 Å². The van der Waals surface area contributed by atoms with Gasteiger partial charge in [-0.1, -0.05) is 34.1 Å². The predicted octanol–water partition coefficient (Wildman–Crippen LogP) is 3.83. The van der Waals surface area contributed by atoms with Crippen molar-refractivity contribution >= 4 is 37.5 Å². The Morgan fingerprint density at radius 3 is 2.43 bits per heavy atom. The minimum atomic E-state index is -3.49. The molecule has 0 N–H and O–H groups in total.